The lowest BCUT2D eigenvalue weighted by atomic mass is 9.98. The van der Waals surface area contributed by atoms with Gasteiger partial charge in [0, 0.05) is 38.1 Å². The Morgan fingerprint density at radius 2 is 1.91 bits per heavy atom. The van der Waals surface area contributed by atoms with Crippen LogP contribution in [0.15, 0.2) is 29.3 Å². The molecule has 0 bridgehead atoms. The summed E-state index contributed by atoms with van der Waals surface area (Å²) in [6.07, 6.45) is 5.68. The van der Waals surface area contributed by atoms with Gasteiger partial charge >= 0.3 is 0 Å². The molecule has 2 N–H and O–H groups in total. The Labute approximate surface area is 212 Å². The van der Waals surface area contributed by atoms with Crippen molar-refractivity contribution in [2.45, 2.75) is 72.3 Å². The second-order valence-corrected chi connectivity index (χ2v) is 8.26. The Kier molecular flexibility index (Phi) is 14.4. The molecule has 6 nitrogen and oxygen atoms in total. The van der Waals surface area contributed by atoms with E-state index in [0.717, 1.165) is 83.0 Å². The molecule has 1 heterocycles. The first-order chi connectivity index (χ1) is 15.1. The van der Waals surface area contributed by atoms with Gasteiger partial charge < -0.3 is 20.3 Å². The average Bonchev–Trinajstić information content (AvgIpc) is 2.79. The lowest BCUT2D eigenvalue weighted by Gasteiger charge is -2.34. The number of hydrogen-bond acceptors (Lipinski definition) is 3. The molecule has 1 aliphatic rings. The van der Waals surface area contributed by atoms with Crippen molar-refractivity contribution >= 4 is 35.8 Å². The van der Waals surface area contributed by atoms with Gasteiger partial charge in [0.2, 0.25) is 5.91 Å². The molecule has 2 rings (SSSR count). The molecule has 0 saturated carbocycles. The topological polar surface area (TPSA) is 66.0 Å². The molecule has 1 aliphatic heterocycles. The zero-order valence-corrected chi connectivity index (χ0v) is 22.7. The number of nitrogens with zero attached hydrogens (tertiary/aromatic N) is 2. The van der Waals surface area contributed by atoms with Gasteiger partial charge in [-0.15, -0.1) is 24.0 Å². The van der Waals surface area contributed by atoms with Crippen molar-refractivity contribution in [1.82, 2.24) is 15.5 Å². The number of aliphatic imine (C=N–C) groups is 1. The maximum Gasteiger partial charge on any atom is 0.225 e. The second-order valence-electron chi connectivity index (χ2n) is 8.26. The van der Waals surface area contributed by atoms with Gasteiger partial charge in [0.25, 0.3) is 0 Å². The summed E-state index contributed by atoms with van der Waals surface area (Å²) in [6, 6.07) is 8.65. The van der Waals surface area contributed by atoms with E-state index in [-0.39, 0.29) is 29.9 Å². The van der Waals surface area contributed by atoms with Crippen molar-refractivity contribution in [3.8, 4) is 5.75 Å². The summed E-state index contributed by atoms with van der Waals surface area (Å²) in [5.41, 5.74) is 1.24. The van der Waals surface area contributed by atoms with Gasteiger partial charge in [-0.3, -0.25) is 9.79 Å². The normalized spacial score (nSPS) is 14.8. The standard InChI is InChI=1S/C25H42N4O2.HI/c1-5-18-31-23-11-9-10-20(19-23)12-15-27-25(26-8-4)28-22-13-16-29(17-14-22)24(30)21(6-2)7-3;/h9-11,19,21-22H,5-8,12-18H2,1-4H3,(H2,26,27,28);1H. The number of halogens is 1. The maximum atomic E-state index is 12.6. The van der Waals surface area contributed by atoms with E-state index in [1.165, 1.54) is 5.56 Å². The van der Waals surface area contributed by atoms with Crippen LogP contribution >= 0.6 is 24.0 Å². The smallest absolute Gasteiger partial charge is 0.225 e. The molecule has 1 aromatic carbocycles. The van der Waals surface area contributed by atoms with E-state index >= 15 is 0 Å². The fourth-order valence-electron chi connectivity index (χ4n) is 3.96. The van der Waals surface area contributed by atoms with Crippen molar-refractivity contribution in [3.05, 3.63) is 29.8 Å². The predicted octanol–water partition coefficient (Wildman–Crippen LogP) is 4.62. The molecule has 0 aromatic heterocycles. The maximum absolute atomic E-state index is 12.6. The summed E-state index contributed by atoms with van der Waals surface area (Å²) in [5.74, 6) is 2.30. The molecular formula is C25H43IN4O2. The van der Waals surface area contributed by atoms with Crippen molar-refractivity contribution in [2.75, 3.05) is 32.8 Å². The summed E-state index contributed by atoms with van der Waals surface area (Å²) in [7, 11) is 0. The average molecular weight is 559 g/mol. The van der Waals surface area contributed by atoms with Crippen molar-refractivity contribution in [1.29, 1.82) is 0 Å². The van der Waals surface area contributed by atoms with Crippen LogP contribution in [0, 0.1) is 5.92 Å². The molecule has 1 aromatic rings. The minimum absolute atomic E-state index is 0. The van der Waals surface area contributed by atoms with E-state index in [1.807, 2.05) is 17.0 Å². The number of carbonyl (C=O) groups excluding carboxylic acids is 1. The third-order valence-corrected chi connectivity index (χ3v) is 5.87. The summed E-state index contributed by atoms with van der Waals surface area (Å²) in [4.78, 5) is 19.4. The number of hydrogen-bond donors (Lipinski definition) is 2. The quantitative estimate of drug-likeness (QED) is 0.237. The van der Waals surface area contributed by atoms with E-state index in [2.05, 4.69) is 50.5 Å². The predicted molar refractivity (Wildman–Crippen MR) is 144 cm³/mol. The number of likely N-dealkylation sites (tertiary alicyclic amines) is 1. The highest BCUT2D eigenvalue weighted by Gasteiger charge is 2.26. The van der Waals surface area contributed by atoms with Crippen LogP contribution in [0.5, 0.6) is 5.75 Å². The Bertz CT molecular complexity index is 686. The van der Waals surface area contributed by atoms with Crippen LogP contribution < -0.4 is 15.4 Å². The summed E-state index contributed by atoms with van der Waals surface area (Å²) in [5, 5.41) is 6.93. The Morgan fingerprint density at radius 1 is 1.19 bits per heavy atom. The van der Waals surface area contributed by atoms with Crippen LogP contribution in [0.1, 0.15) is 65.4 Å². The molecule has 0 atom stereocenters. The molecule has 0 radical (unpaired) electrons. The Hall–Kier alpha value is -1.51. The first-order valence-electron chi connectivity index (χ1n) is 12.2. The molecule has 1 fully saturated rings. The number of ether oxygens (including phenoxy) is 1. The highest BCUT2D eigenvalue weighted by molar-refractivity contribution is 14.0. The van der Waals surface area contributed by atoms with E-state index in [4.69, 9.17) is 9.73 Å². The zero-order chi connectivity index (χ0) is 22.5. The second kappa shape index (κ2) is 16.2. The van der Waals surface area contributed by atoms with Gasteiger partial charge in [-0.1, -0.05) is 32.9 Å². The highest BCUT2D eigenvalue weighted by atomic mass is 127. The van der Waals surface area contributed by atoms with Crippen LogP contribution in [0.2, 0.25) is 0 Å². The Morgan fingerprint density at radius 3 is 2.53 bits per heavy atom. The van der Waals surface area contributed by atoms with Gasteiger partial charge in [0.1, 0.15) is 5.75 Å². The van der Waals surface area contributed by atoms with Crippen LogP contribution in [-0.4, -0.2) is 55.6 Å². The fourth-order valence-corrected chi connectivity index (χ4v) is 3.96. The lowest BCUT2D eigenvalue weighted by molar-refractivity contribution is -0.136. The first-order valence-corrected chi connectivity index (χ1v) is 12.2. The third kappa shape index (κ3) is 9.55. The molecule has 32 heavy (non-hydrogen) atoms. The number of rotatable bonds is 11. The molecule has 182 valence electrons. The minimum atomic E-state index is 0. The SMILES string of the molecule is CCCOc1cccc(CCN=C(NCC)NC2CCN(C(=O)C(CC)CC)CC2)c1.I. The number of carbonyl (C=O) groups is 1. The largest absolute Gasteiger partial charge is 0.494 e. The molecule has 1 amide bonds. The fraction of sp³-hybridized carbons (Fsp3) is 0.680. The van der Waals surface area contributed by atoms with Gasteiger partial charge in [-0.05, 0) is 63.1 Å². The van der Waals surface area contributed by atoms with E-state index in [1.54, 1.807) is 0 Å². The minimum Gasteiger partial charge on any atom is -0.494 e. The lowest BCUT2D eigenvalue weighted by Crippen LogP contribution is -2.50. The first kappa shape index (κ1) is 28.5. The molecule has 0 unspecified atom stereocenters. The number of nitrogens with one attached hydrogen (secondary N) is 2. The number of amides is 1. The number of guanidine groups is 1. The van der Waals surface area contributed by atoms with Gasteiger partial charge in [0.15, 0.2) is 5.96 Å². The van der Waals surface area contributed by atoms with E-state index < -0.39 is 0 Å². The van der Waals surface area contributed by atoms with Crippen LogP contribution in [0.3, 0.4) is 0 Å². The number of benzene rings is 1. The van der Waals surface area contributed by atoms with Gasteiger partial charge in [-0.25, -0.2) is 0 Å². The van der Waals surface area contributed by atoms with Crippen molar-refractivity contribution < 1.29 is 9.53 Å². The van der Waals surface area contributed by atoms with E-state index in [0.29, 0.717) is 11.9 Å². The van der Waals surface area contributed by atoms with Crippen molar-refractivity contribution in [2.24, 2.45) is 10.9 Å². The monoisotopic (exact) mass is 558 g/mol. The van der Waals surface area contributed by atoms with Crippen LogP contribution in [0.4, 0.5) is 0 Å². The molecule has 1 saturated heterocycles. The molecule has 0 aliphatic carbocycles. The van der Waals surface area contributed by atoms with Gasteiger partial charge in [0.05, 0.1) is 6.61 Å². The van der Waals surface area contributed by atoms with Gasteiger partial charge in [-0.2, -0.15) is 0 Å². The molecule has 0 spiro atoms. The number of piperidine rings is 1. The van der Waals surface area contributed by atoms with E-state index in [9.17, 15) is 4.79 Å². The van der Waals surface area contributed by atoms with Crippen molar-refractivity contribution in [3.63, 3.8) is 0 Å². The zero-order valence-electron chi connectivity index (χ0n) is 20.4. The summed E-state index contributed by atoms with van der Waals surface area (Å²) < 4.78 is 5.73. The summed E-state index contributed by atoms with van der Waals surface area (Å²) in [6.45, 7) is 12.4. The highest BCUT2D eigenvalue weighted by Crippen LogP contribution is 2.17. The van der Waals surface area contributed by atoms with Crippen LogP contribution in [0.25, 0.3) is 0 Å². The summed E-state index contributed by atoms with van der Waals surface area (Å²) >= 11 is 0. The Balaban J connectivity index is 0.00000512. The van der Waals surface area contributed by atoms with Crippen LogP contribution in [-0.2, 0) is 11.2 Å². The third-order valence-electron chi connectivity index (χ3n) is 5.87. The molecule has 7 heteroatoms. The molecular weight excluding hydrogens is 515 g/mol.